The molecule has 3 aliphatic carbocycles. The van der Waals surface area contributed by atoms with Crippen LogP contribution < -0.4 is 0 Å². The monoisotopic (exact) mass is 432 g/mol. The first-order chi connectivity index (χ1) is 15.2. The fraction of sp³-hybridized carbons (Fsp3) is 1.00. The molecule has 3 rings (SSSR count). The number of aliphatic hydroxyl groups is 1. The second-order valence-corrected chi connectivity index (χ2v) is 12.1. The van der Waals surface area contributed by atoms with E-state index in [1.54, 1.807) is 32.1 Å². The molecule has 0 amide bonds. The molecule has 0 aromatic rings. The number of rotatable bonds is 11. The Kier molecular flexibility index (Phi) is 11.2. The maximum Gasteiger partial charge on any atom is 0.0431 e. The van der Waals surface area contributed by atoms with E-state index in [9.17, 15) is 0 Å². The van der Waals surface area contributed by atoms with E-state index in [1.807, 2.05) is 0 Å². The van der Waals surface area contributed by atoms with E-state index >= 15 is 0 Å². The van der Waals surface area contributed by atoms with Crippen LogP contribution in [0.5, 0.6) is 0 Å². The van der Waals surface area contributed by atoms with Crippen molar-refractivity contribution in [2.75, 3.05) is 6.61 Å². The molecule has 6 atom stereocenters. The van der Waals surface area contributed by atoms with Crippen LogP contribution in [-0.4, -0.2) is 11.7 Å². The van der Waals surface area contributed by atoms with E-state index in [2.05, 4.69) is 20.8 Å². The van der Waals surface area contributed by atoms with E-state index in [0.717, 1.165) is 53.8 Å². The molecule has 182 valence electrons. The highest BCUT2D eigenvalue weighted by Gasteiger charge is 2.40. The molecule has 31 heavy (non-hydrogen) atoms. The molecule has 0 radical (unpaired) electrons. The van der Waals surface area contributed by atoms with Crippen molar-refractivity contribution in [2.45, 2.75) is 136 Å². The Hall–Kier alpha value is -0.0400. The third-order valence-corrected chi connectivity index (χ3v) is 10.4. The molecule has 3 aliphatic rings. The molecular weight excluding hydrogens is 376 g/mol. The predicted octanol–water partition coefficient (Wildman–Crippen LogP) is 9.03. The van der Waals surface area contributed by atoms with Crippen LogP contribution in [0.1, 0.15) is 136 Å². The SMILES string of the molecule is CCC1CCC(CCC2CCC(C3CCC(CCCCO)CC3CC)C(CC)C2)CC1. The van der Waals surface area contributed by atoms with Crippen LogP contribution in [0, 0.1) is 47.3 Å². The lowest BCUT2D eigenvalue weighted by molar-refractivity contribution is 0.0373. The highest BCUT2D eigenvalue weighted by Crippen LogP contribution is 2.50. The Morgan fingerprint density at radius 2 is 1.00 bits per heavy atom. The van der Waals surface area contributed by atoms with E-state index < -0.39 is 0 Å². The Morgan fingerprint density at radius 3 is 1.52 bits per heavy atom. The minimum absolute atomic E-state index is 0.383. The maximum absolute atomic E-state index is 9.12. The standard InChI is InChI=1S/C30H56O/c1-4-23-10-12-24(13-11-23)14-15-26-17-19-30(28(6-3)22-26)29-18-16-25(9-7-8-20-31)21-27(29)5-2/h23-31H,4-22H2,1-3H3. The molecule has 0 spiro atoms. The van der Waals surface area contributed by atoms with Gasteiger partial charge in [0.2, 0.25) is 0 Å². The van der Waals surface area contributed by atoms with Gasteiger partial charge >= 0.3 is 0 Å². The van der Waals surface area contributed by atoms with Crippen LogP contribution >= 0.6 is 0 Å². The number of unbranched alkanes of at least 4 members (excludes halogenated alkanes) is 1. The van der Waals surface area contributed by atoms with Gasteiger partial charge in [-0.2, -0.15) is 0 Å². The van der Waals surface area contributed by atoms with Gasteiger partial charge in [-0.3, -0.25) is 0 Å². The first kappa shape index (κ1) is 25.6. The van der Waals surface area contributed by atoms with Crippen LogP contribution in [0.15, 0.2) is 0 Å². The van der Waals surface area contributed by atoms with Crippen molar-refractivity contribution in [3.05, 3.63) is 0 Å². The summed E-state index contributed by atoms with van der Waals surface area (Å²) in [5.74, 6) is 8.15. The van der Waals surface area contributed by atoms with Gasteiger partial charge < -0.3 is 5.11 Å². The number of hydrogen-bond donors (Lipinski definition) is 1. The second kappa shape index (κ2) is 13.6. The van der Waals surface area contributed by atoms with Crippen molar-refractivity contribution in [2.24, 2.45) is 47.3 Å². The molecule has 3 fully saturated rings. The number of aliphatic hydroxyl groups excluding tert-OH is 1. The van der Waals surface area contributed by atoms with Gasteiger partial charge in [0.15, 0.2) is 0 Å². The van der Waals surface area contributed by atoms with Gasteiger partial charge in [0, 0.05) is 6.61 Å². The quantitative estimate of drug-likeness (QED) is 0.323. The summed E-state index contributed by atoms with van der Waals surface area (Å²) in [5, 5.41) is 9.12. The largest absolute Gasteiger partial charge is 0.396 e. The molecule has 0 bridgehead atoms. The Morgan fingerprint density at radius 1 is 0.516 bits per heavy atom. The summed E-state index contributed by atoms with van der Waals surface area (Å²) in [6, 6.07) is 0. The van der Waals surface area contributed by atoms with Crippen LogP contribution in [0.2, 0.25) is 0 Å². The van der Waals surface area contributed by atoms with Crippen molar-refractivity contribution in [3.8, 4) is 0 Å². The van der Waals surface area contributed by atoms with Crippen LogP contribution in [0.3, 0.4) is 0 Å². The molecular formula is C30H56O. The lowest BCUT2D eigenvalue weighted by Crippen LogP contribution is -2.37. The van der Waals surface area contributed by atoms with Gasteiger partial charge in [0.25, 0.3) is 0 Å². The Labute approximate surface area is 195 Å². The molecule has 1 nitrogen and oxygen atoms in total. The fourth-order valence-corrected chi connectivity index (χ4v) is 8.30. The summed E-state index contributed by atoms with van der Waals surface area (Å²) in [6.07, 6.45) is 26.2. The fourth-order valence-electron chi connectivity index (χ4n) is 8.30. The van der Waals surface area contributed by atoms with Gasteiger partial charge in [-0.25, -0.2) is 0 Å². The van der Waals surface area contributed by atoms with E-state index in [1.165, 1.54) is 77.0 Å². The lowest BCUT2D eigenvalue weighted by Gasteiger charge is -2.46. The minimum atomic E-state index is 0.383. The third-order valence-electron chi connectivity index (χ3n) is 10.4. The molecule has 1 N–H and O–H groups in total. The van der Waals surface area contributed by atoms with Crippen LogP contribution in [0.25, 0.3) is 0 Å². The Bertz CT molecular complexity index is 465. The highest BCUT2D eigenvalue weighted by atomic mass is 16.2. The molecule has 0 aliphatic heterocycles. The molecule has 0 aromatic carbocycles. The lowest BCUT2D eigenvalue weighted by atomic mass is 9.59. The average Bonchev–Trinajstić information content (AvgIpc) is 2.83. The van der Waals surface area contributed by atoms with Crippen molar-refractivity contribution in [1.29, 1.82) is 0 Å². The second-order valence-electron chi connectivity index (χ2n) is 12.1. The Balaban J connectivity index is 1.44. The van der Waals surface area contributed by atoms with Crippen molar-refractivity contribution >= 4 is 0 Å². The molecule has 0 heterocycles. The van der Waals surface area contributed by atoms with E-state index in [0.29, 0.717) is 6.61 Å². The smallest absolute Gasteiger partial charge is 0.0431 e. The normalized spacial score (nSPS) is 39.5. The summed E-state index contributed by atoms with van der Waals surface area (Å²) >= 11 is 0. The zero-order chi connectivity index (χ0) is 22.1. The average molecular weight is 433 g/mol. The first-order valence-corrected chi connectivity index (χ1v) is 14.8. The van der Waals surface area contributed by atoms with Gasteiger partial charge in [-0.15, -0.1) is 0 Å². The molecule has 0 aromatic heterocycles. The first-order valence-electron chi connectivity index (χ1n) is 14.8. The van der Waals surface area contributed by atoms with Gasteiger partial charge in [-0.1, -0.05) is 104 Å². The zero-order valence-corrected chi connectivity index (χ0v) is 21.5. The molecule has 6 unspecified atom stereocenters. The van der Waals surface area contributed by atoms with E-state index in [-0.39, 0.29) is 0 Å². The van der Waals surface area contributed by atoms with E-state index in [4.69, 9.17) is 5.11 Å². The highest BCUT2D eigenvalue weighted by molar-refractivity contribution is 4.90. The summed E-state index contributed by atoms with van der Waals surface area (Å²) in [6.45, 7) is 7.73. The van der Waals surface area contributed by atoms with Crippen molar-refractivity contribution < 1.29 is 5.11 Å². The minimum Gasteiger partial charge on any atom is -0.396 e. The third kappa shape index (κ3) is 7.48. The van der Waals surface area contributed by atoms with Gasteiger partial charge in [-0.05, 0) is 79.4 Å². The van der Waals surface area contributed by atoms with Crippen LogP contribution in [0.4, 0.5) is 0 Å². The summed E-state index contributed by atoms with van der Waals surface area (Å²) in [5.41, 5.74) is 0. The summed E-state index contributed by atoms with van der Waals surface area (Å²) in [4.78, 5) is 0. The summed E-state index contributed by atoms with van der Waals surface area (Å²) in [7, 11) is 0. The maximum atomic E-state index is 9.12. The predicted molar refractivity (Wildman–Crippen MR) is 135 cm³/mol. The van der Waals surface area contributed by atoms with Crippen LogP contribution in [-0.2, 0) is 0 Å². The van der Waals surface area contributed by atoms with Crippen molar-refractivity contribution in [3.63, 3.8) is 0 Å². The van der Waals surface area contributed by atoms with Gasteiger partial charge in [0.05, 0.1) is 0 Å². The zero-order valence-electron chi connectivity index (χ0n) is 21.5. The van der Waals surface area contributed by atoms with Crippen molar-refractivity contribution in [1.82, 2.24) is 0 Å². The topological polar surface area (TPSA) is 20.2 Å². The summed E-state index contributed by atoms with van der Waals surface area (Å²) < 4.78 is 0. The number of hydrogen-bond acceptors (Lipinski definition) is 1. The molecule has 3 saturated carbocycles. The molecule has 1 heteroatoms. The molecule has 0 saturated heterocycles. The van der Waals surface area contributed by atoms with Gasteiger partial charge in [0.1, 0.15) is 0 Å².